The van der Waals surface area contributed by atoms with Crippen molar-refractivity contribution in [3.05, 3.63) is 24.2 Å². The third-order valence-electron chi connectivity index (χ3n) is 2.83. The van der Waals surface area contributed by atoms with Crippen LogP contribution in [0, 0.1) is 0 Å². The minimum Gasteiger partial charge on any atom is -0.469 e. The Labute approximate surface area is 84.2 Å². The van der Waals surface area contributed by atoms with E-state index in [1.54, 1.807) is 6.26 Å². The average molecular weight is 195 g/mol. The molecular formula is C11H17NO2. The van der Waals surface area contributed by atoms with Crippen LogP contribution >= 0.6 is 0 Å². The monoisotopic (exact) mass is 195 g/mol. The van der Waals surface area contributed by atoms with Crippen molar-refractivity contribution in [3.63, 3.8) is 0 Å². The van der Waals surface area contributed by atoms with Gasteiger partial charge in [0, 0.05) is 13.2 Å². The minimum atomic E-state index is 0.227. The highest BCUT2D eigenvalue weighted by Crippen LogP contribution is 2.27. The van der Waals surface area contributed by atoms with Crippen LogP contribution in [0.1, 0.15) is 30.9 Å². The van der Waals surface area contributed by atoms with Gasteiger partial charge in [-0.1, -0.05) is 0 Å². The Bertz CT molecular complexity index is 252. The number of hydrogen-bond acceptors (Lipinski definition) is 3. The van der Waals surface area contributed by atoms with Crippen LogP contribution < -0.4 is 5.73 Å². The molecule has 1 aromatic heterocycles. The predicted molar refractivity (Wildman–Crippen MR) is 54.1 cm³/mol. The fourth-order valence-corrected chi connectivity index (χ4v) is 2.04. The molecule has 3 nitrogen and oxygen atoms in total. The molecule has 2 rings (SSSR count). The standard InChI is InChI=1S/C11H17NO2/c12-8-9(11-5-3-7-14-11)10-4-1-2-6-13-10/h3,5,7,9-10H,1-2,4,6,8,12H2. The third kappa shape index (κ3) is 1.99. The van der Waals surface area contributed by atoms with Gasteiger partial charge in [-0.05, 0) is 31.4 Å². The molecule has 0 amide bonds. The van der Waals surface area contributed by atoms with Gasteiger partial charge in [-0.15, -0.1) is 0 Å². The van der Waals surface area contributed by atoms with Gasteiger partial charge in [0.15, 0.2) is 0 Å². The zero-order chi connectivity index (χ0) is 9.80. The molecule has 0 saturated carbocycles. The molecule has 0 radical (unpaired) electrons. The summed E-state index contributed by atoms with van der Waals surface area (Å²) >= 11 is 0. The molecule has 1 aliphatic rings. The lowest BCUT2D eigenvalue weighted by molar-refractivity contribution is -0.00328. The third-order valence-corrected chi connectivity index (χ3v) is 2.83. The summed E-state index contributed by atoms with van der Waals surface area (Å²) in [4.78, 5) is 0. The normalized spacial score (nSPS) is 24.8. The van der Waals surface area contributed by atoms with Crippen LogP contribution in [0.2, 0.25) is 0 Å². The molecule has 2 unspecified atom stereocenters. The van der Waals surface area contributed by atoms with Gasteiger partial charge in [-0.25, -0.2) is 0 Å². The SMILES string of the molecule is NCC(c1ccco1)C1CCCCO1. The van der Waals surface area contributed by atoms with Gasteiger partial charge >= 0.3 is 0 Å². The smallest absolute Gasteiger partial charge is 0.110 e. The molecule has 2 atom stereocenters. The number of rotatable bonds is 3. The van der Waals surface area contributed by atoms with Crippen molar-refractivity contribution in [2.45, 2.75) is 31.3 Å². The largest absolute Gasteiger partial charge is 0.469 e. The summed E-state index contributed by atoms with van der Waals surface area (Å²) < 4.78 is 11.1. The first-order valence-corrected chi connectivity index (χ1v) is 5.27. The summed E-state index contributed by atoms with van der Waals surface area (Å²) in [5.74, 6) is 1.18. The topological polar surface area (TPSA) is 48.4 Å². The van der Waals surface area contributed by atoms with E-state index in [1.165, 1.54) is 12.8 Å². The number of nitrogens with two attached hydrogens (primary N) is 1. The zero-order valence-corrected chi connectivity index (χ0v) is 8.32. The Balaban J connectivity index is 2.04. The van der Waals surface area contributed by atoms with E-state index in [1.807, 2.05) is 12.1 Å². The first-order chi connectivity index (χ1) is 6.92. The summed E-state index contributed by atoms with van der Waals surface area (Å²) in [6.45, 7) is 1.46. The maximum Gasteiger partial charge on any atom is 0.110 e. The van der Waals surface area contributed by atoms with E-state index < -0.39 is 0 Å². The summed E-state index contributed by atoms with van der Waals surface area (Å²) in [5.41, 5.74) is 5.75. The molecule has 78 valence electrons. The molecule has 0 aromatic carbocycles. The van der Waals surface area contributed by atoms with E-state index in [0.29, 0.717) is 6.54 Å². The second kappa shape index (κ2) is 4.62. The van der Waals surface area contributed by atoms with E-state index in [-0.39, 0.29) is 12.0 Å². The van der Waals surface area contributed by atoms with Crippen molar-refractivity contribution < 1.29 is 9.15 Å². The lowest BCUT2D eigenvalue weighted by Gasteiger charge is -2.28. The first-order valence-electron chi connectivity index (χ1n) is 5.27. The van der Waals surface area contributed by atoms with Crippen molar-refractivity contribution in [2.75, 3.05) is 13.2 Å². The summed E-state index contributed by atoms with van der Waals surface area (Å²) in [5, 5.41) is 0. The van der Waals surface area contributed by atoms with Crippen LogP contribution in [0.15, 0.2) is 22.8 Å². The van der Waals surface area contributed by atoms with Gasteiger partial charge in [-0.2, -0.15) is 0 Å². The van der Waals surface area contributed by atoms with Gasteiger partial charge in [0.05, 0.1) is 18.3 Å². The Morgan fingerprint density at radius 1 is 1.50 bits per heavy atom. The Kier molecular flexibility index (Phi) is 3.22. The Hall–Kier alpha value is -0.800. The van der Waals surface area contributed by atoms with Crippen molar-refractivity contribution in [3.8, 4) is 0 Å². The molecule has 1 aliphatic heterocycles. The maximum absolute atomic E-state index is 5.75. The van der Waals surface area contributed by atoms with Crippen LogP contribution in [-0.4, -0.2) is 19.3 Å². The van der Waals surface area contributed by atoms with Crippen LogP contribution in [0.4, 0.5) is 0 Å². The molecule has 1 saturated heterocycles. The fourth-order valence-electron chi connectivity index (χ4n) is 2.04. The Morgan fingerprint density at radius 3 is 3.00 bits per heavy atom. The van der Waals surface area contributed by atoms with Crippen molar-refractivity contribution in [1.29, 1.82) is 0 Å². The van der Waals surface area contributed by atoms with Crippen molar-refractivity contribution in [1.82, 2.24) is 0 Å². The van der Waals surface area contributed by atoms with Crippen LogP contribution in [0.25, 0.3) is 0 Å². The predicted octanol–water partition coefficient (Wildman–Crippen LogP) is 1.89. The van der Waals surface area contributed by atoms with E-state index >= 15 is 0 Å². The van der Waals surface area contributed by atoms with E-state index in [2.05, 4.69) is 0 Å². The molecule has 0 spiro atoms. The van der Waals surface area contributed by atoms with Crippen molar-refractivity contribution >= 4 is 0 Å². The molecule has 0 bridgehead atoms. The summed E-state index contributed by atoms with van der Waals surface area (Å²) in [6.07, 6.45) is 5.46. The second-order valence-electron chi connectivity index (χ2n) is 3.76. The van der Waals surface area contributed by atoms with E-state index in [9.17, 15) is 0 Å². The van der Waals surface area contributed by atoms with Gasteiger partial charge in [0.25, 0.3) is 0 Å². The zero-order valence-electron chi connectivity index (χ0n) is 8.32. The minimum absolute atomic E-state index is 0.227. The average Bonchev–Trinajstić information content (AvgIpc) is 2.74. The number of ether oxygens (including phenoxy) is 1. The second-order valence-corrected chi connectivity index (χ2v) is 3.76. The van der Waals surface area contributed by atoms with Gasteiger partial charge in [0.1, 0.15) is 5.76 Å². The molecule has 2 N–H and O–H groups in total. The summed E-state index contributed by atoms with van der Waals surface area (Å²) in [7, 11) is 0. The highest BCUT2D eigenvalue weighted by Gasteiger charge is 2.26. The van der Waals surface area contributed by atoms with Gasteiger partial charge in [-0.3, -0.25) is 0 Å². The van der Waals surface area contributed by atoms with E-state index in [4.69, 9.17) is 14.9 Å². The highest BCUT2D eigenvalue weighted by atomic mass is 16.5. The molecule has 14 heavy (non-hydrogen) atoms. The number of hydrogen-bond donors (Lipinski definition) is 1. The maximum atomic E-state index is 5.75. The molecule has 1 aromatic rings. The molecule has 2 heterocycles. The van der Waals surface area contributed by atoms with Crippen LogP contribution in [0.3, 0.4) is 0 Å². The van der Waals surface area contributed by atoms with Gasteiger partial charge < -0.3 is 14.9 Å². The summed E-state index contributed by atoms with van der Waals surface area (Å²) in [6, 6.07) is 3.89. The molecule has 0 aliphatic carbocycles. The van der Waals surface area contributed by atoms with E-state index in [0.717, 1.165) is 18.8 Å². The lowest BCUT2D eigenvalue weighted by Crippen LogP contribution is -2.31. The Morgan fingerprint density at radius 2 is 2.43 bits per heavy atom. The molecule has 1 fully saturated rings. The molecule has 3 heteroatoms. The quantitative estimate of drug-likeness (QED) is 0.801. The highest BCUT2D eigenvalue weighted by molar-refractivity contribution is 5.08. The van der Waals surface area contributed by atoms with Crippen molar-refractivity contribution in [2.24, 2.45) is 5.73 Å². The molecular weight excluding hydrogens is 178 g/mol. The van der Waals surface area contributed by atoms with Gasteiger partial charge in [0.2, 0.25) is 0 Å². The first kappa shape index (κ1) is 9.74. The van der Waals surface area contributed by atoms with Crippen LogP contribution in [-0.2, 0) is 4.74 Å². The number of furan rings is 1. The van der Waals surface area contributed by atoms with Crippen LogP contribution in [0.5, 0.6) is 0 Å². The fraction of sp³-hybridized carbons (Fsp3) is 0.636. The lowest BCUT2D eigenvalue weighted by atomic mass is 9.93.